The van der Waals surface area contributed by atoms with E-state index >= 15 is 0 Å². The van der Waals surface area contributed by atoms with Gasteiger partial charge in [0.15, 0.2) is 5.82 Å². The smallest absolute Gasteiger partial charge is 0.249 e. The number of halogens is 2. The third-order valence-corrected chi connectivity index (χ3v) is 4.00. The molecule has 1 aromatic rings. The van der Waals surface area contributed by atoms with E-state index in [9.17, 15) is 14.0 Å². The summed E-state index contributed by atoms with van der Waals surface area (Å²) < 4.78 is 14.7. The number of hydrogen-bond acceptors (Lipinski definition) is 5. The first-order chi connectivity index (χ1) is 10.6. The van der Waals surface area contributed by atoms with Crippen molar-refractivity contribution in [2.75, 3.05) is 36.4 Å². The number of piperazine rings is 1. The fourth-order valence-electron chi connectivity index (χ4n) is 2.80. The van der Waals surface area contributed by atoms with Crippen LogP contribution >= 0.6 is 12.4 Å². The Kier molecular flexibility index (Phi) is 5.79. The van der Waals surface area contributed by atoms with Gasteiger partial charge in [0.2, 0.25) is 11.8 Å². The van der Waals surface area contributed by atoms with Crippen molar-refractivity contribution in [3.63, 3.8) is 0 Å². The van der Waals surface area contributed by atoms with Crippen LogP contribution in [-0.2, 0) is 9.59 Å². The number of nitrogens with zero attached hydrogens (tertiary/aromatic N) is 1. The van der Waals surface area contributed by atoms with E-state index in [1.807, 2.05) is 4.90 Å². The standard InChI is InChI=1S/C15H19FN4O2.ClH/c16-14-10(18-11-4-5-13(21)19-15(11)22)2-1-3-12(14)20-8-6-17-7-9-20;/h1-3,11,17-18H,4-9H2,(H,19,21,22);1H. The van der Waals surface area contributed by atoms with Crippen molar-refractivity contribution < 1.29 is 14.0 Å². The maximum absolute atomic E-state index is 14.7. The van der Waals surface area contributed by atoms with Gasteiger partial charge in [-0.25, -0.2) is 4.39 Å². The molecule has 2 aliphatic heterocycles. The molecule has 0 radical (unpaired) electrons. The molecule has 2 fully saturated rings. The lowest BCUT2D eigenvalue weighted by Gasteiger charge is -2.30. The Labute approximate surface area is 140 Å². The predicted molar refractivity (Wildman–Crippen MR) is 88.5 cm³/mol. The van der Waals surface area contributed by atoms with Crippen molar-refractivity contribution in [3.05, 3.63) is 24.0 Å². The second-order valence-corrected chi connectivity index (χ2v) is 5.52. The van der Waals surface area contributed by atoms with Crippen molar-refractivity contribution in [1.82, 2.24) is 10.6 Å². The van der Waals surface area contributed by atoms with Gasteiger partial charge >= 0.3 is 0 Å². The van der Waals surface area contributed by atoms with E-state index in [-0.39, 0.29) is 30.6 Å². The third-order valence-electron chi connectivity index (χ3n) is 4.00. The van der Waals surface area contributed by atoms with Crippen LogP contribution in [0.1, 0.15) is 12.8 Å². The summed E-state index contributed by atoms with van der Waals surface area (Å²) in [6.07, 6.45) is 0.643. The number of anilines is 2. The van der Waals surface area contributed by atoms with Gasteiger partial charge in [-0.2, -0.15) is 0 Å². The lowest BCUT2D eigenvalue weighted by atomic mass is 10.1. The SMILES string of the molecule is Cl.O=C1CCC(Nc2cccc(N3CCNCC3)c2F)C(=O)N1. The zero-order chi connectivity index (χ0) is 15.5. The highest BCUT2D eigenvalue weighted by atomic mass is 35.5. The van der Waals surface area contributed by atoms with Crippen LogP contribution in [0.2, 0.25) is 0 Å². The zero-order valence-corrected chi connectivity index (χ0v) is 13.4. The van der Waals surface area contributed by atoms with Crippen LogP contribution < -0.4 is 20.9 Å². The quantitative estimate of drug-likeness (QED) is 0.711. The van der Waals surface area contributed by atoms with Gasteiger partial charge in [0, 0.05) is 32.6 Å². The molecule has 0 aliphatic carbocycles. The molecule has 1 unspecified atom stereocenters. The molecule has 3 rings (SSSR count). The van der Waals surface area contributed by atoms with Gasteiger partial charge in [0.05, 0.1) is 11.4 Å². The Morgan fingerprint density at radius 1 is 1.22 bits per heavy atom. The first kappa shape index (κ1) is 17.5. The minimum atomic E-state index is -0.578. The minimum absolute atomic E-state index is 0. The number of imide groups is 1. The van der Waals surface area contributed by atoms with Crippen molar-refractivity contribution in [1.29, 1.82) is 0 Å². The van der Waals surface area contributed by atoms with Gasteiger partial charge in [-0.15, -0.1) is 12.4 Å². The van der Waals surface area contributed by atoms with Gasteiger partial charge < -0.3 is 15.5 Å². The molecule has 6 nitrogen and oxygen atoms in total. The van der Waals surface area contributed by atoms with E-state index in [2.05, 4.69) is 16.0 Å². The second-order valence-electron chi connectivity index (χ2n) is 5.52. The Morgan fingerprint density at radius 2 is 1.96 bits per heavy atom. The number of carbonyl (C=O) groups excluding carboxylic acids is 2. The monoisotopic (exact) mass is 342 g/mol. The molecule has 0 aromatic heterocycles. The zero-order valence-electron chi connectivity index (χ0n) is 12.6. The summed E-state index contributed by atoms with van der Waals surface area (Å²) in [6, 6.07) is 4.56. The molecule has 1 aromatic carbocycles. The van der Waals surface area contributed by atoms with E-state index in [1.54, 1.807) is 18.2 Å². The van der Waals surface area contributed by atoms with Gasteiger partial charge in [0.1, 0.15) is 6.04 Å². The van der Waals surface area contributed by atoms with Gasteiger partial charge in [-0.1, -0.05) is 6.07 Å². The van der Waals surface area contributed by atoms with Crippen LogP contribution in [-0.4, -0.2) is 44.0 Å². The number of benzene rings is 1. The molecule has 2 heterocycles. The van der Waals surface area contributed by atoms with E-state index in [0.29, 0.717) is 17.8 Å². The molecule has 2 aliphatic rings. The lowest BCUT2D eigenvalue weighted by Crippen LogP contribution is -2.47. The molecular weight excluding hydrogens is 323 g/mol. The van der Waals surface area contributed by atoms with Gasteiger partial charge in [-0.05, 0) is 18.6 Å². The summed E-state index contributed by atoms with van der Waals surface area (Å²) in [5.74, 6) is -1.03. The molecule has 3 N–H and O–H groups in total. The average Bonchev–Trinajstić information content (AvgIpc) is 2.53. The molecule has 8 heteroatoms. The first-order valence-electron chi connectivity index (χ1n) is 7.49. The summed E-state index contributed by atoms with van der Waals surface area (Å²) in [6.45, 7) is 3.14. The van der Waals surface area contributed by atoms with Crippen LogP contribution in [0.4, 0.5) is 15.8 Å². The maximum Gasteiger partial charge on any atom is 0.249 e. The van der Waals surface area contributed by atoms with Crippen LogP contribution in [0.5, 0.6) is 0 Å². The fourth-order valence-corrected chi connectivity index (χ4v) is 2.80. The van der Waals surface area contributed by atoms with Crippen molar-refractivity contribution in [2.24, 2.45) is 0 Å². The number of rotatable bonds is 3. The molecule has 0 bridgehead atoms. The summed E-state index contributed by atoms with van der Waals surface area (Å²) in [7, 11) is 0. The molecular formula is C15H20ClFN4O2. The van der Waals surface area contributed by atoms with Crippen molar-refractivity contribution >= 4 is 35.6 Å². The third kappa shape index (κ3) is 3.92. The van der Waals surface area contributed by atoms with Gasteiger partial charge in [0.25, 0.3) is 0 Å². The van der Waals surface area contributed by atoms with E-state index in [1.165, 1.54) is 0 Å². The van der Waals surface area contributed by atoms with Crippen molar-refractivity contribution in [3.8, 4) is 0 Å². The van der Waals surface area contributed by atoms with Gasteiger partial charge in [-0.3, -0.25) is 14.9 Å². The molecule has 2 amide bonds. The normalized spacial score (nSPS) is 21.4. The Morgan fingerprint density at radius 3 is 2.65 bits per heavy atom. The maximum atomic E-state index is 14.7. The number of amides is 2. The highest BCUT2D eigenvalue weighted by molar-refractivity contribution is 6.01. The number of piperidine rings is 1. The topological polar surface area (TPSA) is 73.5 Å². The predicted octanol–water partition coefficient (Wildman–Crippen LogP) is 0.874. The second kappa shape index (κ2) is 7.61. The molecule has 23 heavy (non-hydrogen) atoms. The number of carbonyl (C=O) groups is 2. The molecule has 126 valence electrons. The number of hydrogen-bond donors (Lipinski definition) is 3. The highest BCUT2D eigenvalue weighted by Crippen LogP contribution is 2.27. The average molecular weight is 343 g/mol. The summed E-state index contributed by atoms with van der Waals surface area (Å²) >= 11 is 0. The van der Waals surface area contributed by atoms with Crippen molar-refractivity contribution in [2.45, 2.75) is 18.9 Å². The Hall–Kier alpha value is -1.86. The Bertz CT molecular complexity index is 593. The van der Waals surface area contributed by atoms with Crippen LogP contribution in [0.15, 0.2) is 18.2 Å². The number of nitrogens with one attached hydrogen (secondary N) is 3. The molecule has 0 spiro atoms. The van der Waals surface area contributed by atoms with Crippen LogP contribution in [0.3, 0.4) is 0 Å². The molecule has 2 saturated heterocycles. The largest absolute Gasteiger partial charge is 0.371 e. The van der Waals surface area contributed by atoms with Crippen LogP contribution in [0, 0.1) is 5.82 Å². The lowest BCUT2D eigenvalue weighted by molar-refractivity contribution is -0.133. The molecule has 1 atom stereocenters. The Balaban J connectivity index is 0.00000192. The minimum Gasteiger partial charge on any atom is -0.371 e. The van der Waals surface area contributed by atoms with E-state index in [0.717, 1.165) is 26.2 Å². The summed E-state index contributed by atoms with van der Waals surface area (Å²) in [4.78, 5) is 24.9. The summed E-state index contributed by atoms with van der Waals surface area (Å²) in [5.41, 5.74) is 0.837. The first-order valence-corrected chi connectivity index (χ1v) is 7.49. The highest BCUT2D eigenvalue weighted by Gasteiger charge is 2.27. The van der Waals surface area contributed by atoms with Crippen LogP contribution in [0.25, 0.3) is 0 Å². The fraction of sp³-hybridized carbons (Fsp3) is 0.467. The van der Waals surface area contributed by atoms with E-state index in [4.69, 9.17) is 0 Å². The summed E-state index contributed by atoms with van der Waals surface area (Å²) in [5, 5.41) is 8.41. The van der Waals surface area contributed by atoms with E-state index < -0.39 is 11.9 Å². The molecule has 0 saturated carbocycles.